The lowest BCUT2D eigenvalue weighted by Crippen LogP contribution is -2.43. The van der Waals surface area contributed by atoms with Crippen LogP contribution in [0, 0.1) is 0 Å². The highest BCUT2D eigenvalue weighted by Gasteiger charge is 2.42. The Morgan fingerprint density at radius 2 is 2.15 bits per heavy atom. The molecule has 20 heavy (non-hydrogen) atoms. The Kier molecular flexibility index (Phi) is 3.04. The van der Waals surface area contributed by atoms with Crippen LogP contribution >= 0.6 is 0 Å². The zero-order valence-corrected chi connectivity index (χ0v) is 11.8. The van der Waals surface area contributed by atoms with Crippen molar-refractivity contribution in [3.05, 3.63) is 36.0 Å². The van der Waals surface area contributed by atoms with Gasteiger partial charge in [-0.3, -0.25) is 4.90 Å². The number of rotatable bonds is 3. The van der Waals surface area contributed by atoms with E-state index >= 15 is 0 Å². The minimum atomic E-state index is -0.0922. The third-order valence-electron chi connectivity index (χ3n) is 5.20. The molecule has 2 aliphatic heterocycles. The first kappa shape index (κ1) is 12.4. The van der Waals surface area contributed by atoms with E-state index in [0.717, 1.165) is 19.4 Å². The predicted molar refractivity (Wildman–Crippen MR) is 80.8 cm³/mol. The highest BCUT2D eigenvalue weighted by molar-refractivity contribution is 5.83. The summed E-state index contributed by atoms with van der Waals surface area (Å²) >= 11 is 0. The Morgan fingerprint density at radius 3 is 3.05 bits per heavy atom. The molecule has 0 radical (unpaired) electrons. The van der Waals surface area contributed by atoms with Crippen molar-refractivity contribution in [1.29, 1.82) is 0 Å². The second kappa shape index (κ2) is 4.90. The number of aliphatic hydroxyl groups excluding tert-OH is 1. The van der Waals surface area contributed by atoms with E-state index in [0.29, 0.717) is 12.1 Å². The van der Waals surface area contributed by atoms with Crippen LogP contribution in [0.3, 0.4) is 0 Å². The molecule has 2 fully saturated rings. The fourth-order valence-corrected chi connectivity index (χ4v) is 4.20. The summed E-state index contributed by atoms with van der Waals surface area (Å²) < 4.78 is 0. The lowest BCUT2D eigenvalue weighted by atomic mass is 10.0. The van der Waals surface area contributed by atoms with Gasteiger partial charge in [-0.1, -0.05) is 24.6 Å². The summed E-state index contributed by atoms with van der Waals surface area (Å²) in [5, 5.41) is 11.5. The van der Waals surface area contributed by atoms with Crippen molar-refractivity contribution in [2.24, 2.45) is 0 Å². The zero-order valence-electron chi connectivity index (χ0n) is 11.8. The quantitative estimate of drug-likeness (QED) is 0.900. The Bertz CT molecular complexity index is 606. The molecule has 3 heterocycles. The summed E-state index contributed by atoms with van der Waals surface area (Å²) in [7, 11) is 0. The van der Waals surface area contributed by atoms with Gasteiger partial charge >= 0.3 is 0 Å². The number of aromatic nitrogens is 1. The summed E-state index contributed by atoms with van der Waals surface area (Å²) in [6.45, 7) is 1.08. The molecule has 2 N–H and O–H groups in total. The molecule has 2 saturated heterocycles. The van der Waals surface area contributed by atoms with Gasteiger partial charge in [-0.2, -0.15) is 0 Å². The molecule has 2 aromatic rings. The summed E-state index contributed by atoms with van der Waals surface area (Å²) in [6.07, 6.45) is 7.84. The number of hydrogen-bond acceptors (Lipinski definition) is 2. The molecule has 2 bridgehead atoms. The number of para-hydroxylation sites is 1. The highest BCUT2D eigenvalue weighted by atomic mass is 16.3. The maximum absolute atomic E-state index is 10.2. The minimum absolute atomic E-state index is 0.0922. The first-order valence-electron chi connectivity index (χ1n) is 7.82. The van der Waals surface area contributed by atoms with E-state index in [2.05, 4.69) is 40.3 Å². The molecule has 2 aliphatic rings. The van der Waals surface area contributed by atoms with Crippen LogP contribution in [0.15, 0.2) is 30.5 Å². The second-order valence-electron chi connectivity index (χ2n) is 6.30. The van der Waals surface area contributed by atoms with Crippen molar-refractivity contribution in [3.8, 4) is 0 Å². The number of aliphatic hydroxyl groups is 1. The van der Waals surface area contributed by atoms with Crippen molar-refractivity contribution >= 4 is 10.9 Å². The van der Waals surface area contributed by atoms with Gasteiger partial charge in [0.1, 0.15) is 0 Å². The molecule has 1 aromatic heterocycles. The van der Waals surface area contributed by atoms with E-state index in [1.54, 1.807) is 0 Å². The molecule has 3 heteroatoms. The number of aromatic amines is 1. The second-order valence-corrected chi connectivity index (χ2v) is 6.30. The van der Waals surface area contributed by atoms with Gasteiger partial charge in [0.15, 0.2) is 0 Å². The van der Waals surface area contributed by atoms with Crippen LogP contribution in [-0.4, -0.2) is 39.7 Å². The fraction of sp³-hybridized carbons (Fsp3) is 0.529. The lowest BCUT2D eigenvalue weighted by Gasteiger charge is -2.34. The number of fused-ring (bicyclic) bond motifs is 3. The van der Waals surface area contributed by atoms with Gasteiger partial charge in [0, 0.05) is 35.7 Å². The van der Waals surface area contributed by atoms with E-state index in [9.17, 15) is 5.11 Å². The molecule has 3 nitrogen and oxygen atoms in total. The third kappa shape index (κ3) is 1.97. The molecule has 0 unspecified atom stereocenters. The van der Waals surface area contributed by atoms with Crippen LogP contribution in [0.1, 0.15) is 31.2 Å². The highest BCUT2D eigenvalue weighted by Crippen LogP contribution is 2.35. The molecular weight excluding hydrogens is 248 g/mol. The van der Waals surface area contributed by atoms with Crippen molar-refractivity contribution in [2.75, 3.05) is 6.54 Å². The van der Waals surface area contributed by atoms with E-state index in [1.807, 2.05) is 0 Å². The standard InChI is InChI=1S/C17H22N2O/c20-17-10-13-4-3-7-16(17)19(13)9-8-12-11-18-15-6-2-1-5-14(12)15/h1-2,5-6,11,13,16-18,20H,3-4,7-10H2/t13-,16-,17+/m1/s1. The SMILES string of the molecule is O[C@H]1C[C@H]2CCC[C@H]1N2CCc1c[nH]c2ccccc12. The average Bonchev–Trinajstić information content (AvgIpc) is 2.94. The third-order valence-corrected chi connectivity index (χ3v) is 5.20. The minimum Gasteiger partial charge on any atom is -0.391 e. The molecule has 0 spiro atoms. The van der Waals surface area contributed by atoms with Gasteiger partial charge in [-0.15, -0.1) is 0 Å². The van der Waals surface area contributed by atoms with Gasteiger partial charge in [0.2, 0.25) is 0 Å². The van der Waals surface area contributed by atoms with Crippen molar-refractivity contribution < 1.29 is 5.11 Å². The number of H-pyrrole nitrogens is 1. The number of benzene rings is 1. The Balaban J connectivity index is 1.51. The molecule has 1 aromatic carbocycles. The Morgan fingerprint density at radius 1 is 1.25 bits per heavy atom. The summed E-state index contributed by atoms with van der Waals surface area (Å²) in [6, 6.07) is 9.54. The van der Waals surface area contributed by atoms with Crippen molar-refractivity contribution in [3.63, 3.8) is 0 Å². The molecule has 4 rings (SSSR count). The van der Waals surface area contributed by atoms with Crippen LogP contribution in [0.2, 0.25) is 0 Å². The van der Waals surface area contributed by atoms with E-state index in [-0.39, 0.29) is 6.10 Å². The van der Waals surface area contributed by atoms with Crippen LogP contribution in [0.4, 0.5) is 0 Å². The van der Waals surface area contributed by atoms with E-state index in [1.165, 1.54) is 35.7 Å². The molecule has 0 amide bonds. The Labute approximate surface area is 119 Å². The van der Waals surface area contributed by atoms with Crippen LogP contribution in [-0.2, 0) is 6.42 Å². The summed E-state index contributed by atoms with van der Waals surface area (Å²) in [5.74, 6) is 0. The van der Waals surface area contributed by atoms with Crippen molar-refractivity contribution in [1.82, 2.24) is 9.88 Å². The first-order chi connectivity index (χ1) is 9.83. The van der Waals surface area contributed by atoms with Gasteiger partial charge < -0.3 is 10.1 Å². The van der Waals surface area contributed by atoms with Gasteiger partial charge in [0.05, 0.1) is 6.10 Å². The zero-order chi connectivity index (χ0) is 13.5. The lowest BCUT2D eigenvalue weighted by molar-refractivity contribution is 0.0847. The average molecular weight is 270 g/mol. The topological polar surface area (TPSA) is 39.3 Å². The summed E-state index contributed by atoms with van der Waals surface area (Å²) in [5.41, 5.74) is 2.63. The first-order valence-corrected chi connectivity index (χ1v) is 7.82. The van der Waals surface area contributed by atoms with E-state index in [4.69, 9.17) is 0 Å². The molecule has 0 saturated carbocycles. The molecular formula is C17H22N2O. The fourth-order valence-electron chi connectivity index (χ4n) is 4.20. The normalized spacial score (nSPS) is 30.1. The number of nitrogens with zero attached hydrogens (tertiary/aromatic N) is 1. The Hall–Kier alpha value is -1.32. The molecule has 0 aliphatic carbocycles. The van der Waals surface area contributed by atoms with Gasteiger partial charge in [0.25, 0.3) is 0 Å². The number of nitrogens with one attached hydrogen (secondary N) is 1. The number of piperidine rings is 1. The maximum atomic E-state index is 10.2. The van der Waals surface area contributed by atoms with Crippen LogP contribution < -0.4 is 0 Å². The smallest absolute Gasteiger partial charge is 0.0710 e. The summed E-state index contributed by atoms with van der Waals surface area (Å²) in [4.78, 5) is 5.92. The van der Waals surface area contributed by atoms with Crippen LogP contribution in [0.5, 0.6) is 0 Å². The van der Waals surface area contributed by atoms with E-state index < -0.39 is 0 Å². The predicted octanol–water partition coefficient (Wildman–Crippen LogP) is 2.70. The largest absolute Gasteiger partial charge is 0.391 e. The monoisotopic (exact) mass is 270 g/mol. The van der Waals surface area contributed by atoms with Gasteiger partial charge in [-0.25, -0.2) is 0 Å². The molecule has 106 valence electrons. The maximum Gasteiger partial charge on any atom is 0.0710 e. The number of hydrogen-bond donors (Lipinski definition) is 2. The van der Waals surface area contributed by atoms with Crippen molar-refractivity contribution in [2.45, 2.75) is 50.3 Å². The molecule has 3 atom stereocenters. The van der Waals surface area contributed by atoms with Crippen LogP contribution in [0.25, 0.3) is 10.9 Å². The van der Waals surface area contributed by atoms with Gasteiger partial charge in [-0.05, 0) is 37.3 Å².